The highest BCUT2D eigenvalue weighted by atomic mass is 15.1. The Balaban J connectivity index is 1.79. The van der Waals surface area contributed by atoms with Crippen molar-refractivity contribution in [3.63, 3.8) is 0 Å². The van der Waals surface area contributed by atoms with Crippen molar-refractivity contribution >= 4 is 5.69 Å². The summed E-state index contributed by atoms with van der Waals surface area (Å²) in [5.74, 6) is 0.733. The van der Waals surface area contributed by atoms with Crippen molar-refractivity contribution in [3.8, 4) is 0 Å². The molecule has 0 saturated heterocycles. The summed E-state index contributed by atoms with van der Waals surface area (Å²) in [5.41, 5.74) is 2.76. The minimum Gasteiger partial charge on any atom is -0.373 e. The first-order valence-electron chi connectivity index (χ1n) is 7.18. The van der Waals surface area contributed by atoms with Gasteiger partial charge in [-0.3, -0.25) is 0 Å². The molecule has 18 heavy (non-hydrogen) atoms. The van der Waals surface area contributed by atoms with Crippen LogP contribution >= 0.6 is 0 Å². The number of benzene rings is 1. The molecule has 2 heteroatoms. The molecule has 2 rings (SSSR count). The molecule has 100 valence electrons. The van der Waals surface area contributed by atoms with E-state index in [9.17, 15) is 0 Å². The van der Waals surface area contributed by atoms with Gasteiger partial charge in [-0.05, 0) is 42.9 Å². The number of rotatable bonds is 7. The Hall–Kier alpha value is -1.02. The summed E-state index contributed by atoms with van der Waals surface area (Å²) in [5, 5.41) is 3.55. The molecule has 0 bridgehead atoms. The van der Waals surface area contributed by atoms with E-state index in [0.29, 0.717) is 0 Å². The summed E-state index contributed by atoms with van der Waals surface area (Å²) >= 11 is 0. The van der Waals surface area contributed by atoms with Gasteiger partial charge in [0.2, 0.25) is 0 Å². The van der Waals surface area contributed by atoms with Gasteiger partial charge in [0.1, 0.15) is 0 Å². The monoisotopic (exact) mass is 246 g/mol. The minimum atomic E-state index is 0.733. The van der Waals surface area contributed by atoms with Crippen molar-refractivity contribution in [2.24, 2.45) is 5.92 Å². The van der Waals surface area contributed by atoms with Gasteiger partial charge in [-0.15, -0.1) is 0 Å². The van der Waals surface area contributed by atoms with Crippen LogP contribution in [0.1, 0.15) is 32.3 Å². The predicted molar refractivity (Wildman–Crippen MR) is 79.3 cm³/mol. The lowest BCUT2D eigenvalue weighted by Crippen LogP contribution is -2.30. The number of hydrogen-bond acceptors (Lipinski definition) is 2. The first-order valence-corrected chi connectivity index (χ1v) is 7.18. The van der Waals surface area contributed by atoms with Gasteiger partial charge < -0.3 is 10.2 Å². The Kier molecular flexibility index (Phi) is 4.65. The zero-order valence-corrected chi connectivity index (χ0v) is 11.9. The molecular formula is C16H26N2. The number of anilines is 1. The summed E-state index contributed by atoms with van der Waals surface area (Å²) in [6.07, 6.45) is 3.91. The van der Waals surface area contributed by atoms with E-state index >= 15 is 0 Å². The number of likely N-dealkylation sites (N-methyl/N-ethyl adjacent to an activating group) is 1. The lowest BCUT2D eigenvalue weighted by atomic mass is 10.0. The van der Waals surface area contributed by atoms with Gasteiger partial charge in [0.05, 0.1) is 0 Å². The molecule has 1 aromatic carbocycles. The van der Waals surface area contributed by atoms with Crippen molar-refractivity contribution < 1.29 is 0 Å². The first-order chi connectivity index (χ1) is 8.65. The minimum absolute atomic E-state index is 0.733. The molecule has 1 aliphatic rings. The van der Waals surface area contributed by atoms with Crippen LogP contribution in [-0.4, -0.2) is 26.2 Å². The molecule has 0 spiro atoms. The molecule has 0 heterocycles. The molecule has 1 fully saturated rings. The number of nitrogens with zero attached hydrogens (tertiary/aromatic N) is 1. The third kappa shape index (κ3) is 4.34. The third-order valence-corrected chi connectivity index (χ3v) is 3.48. The number of nitrogens with one attached hydrogen (secondary N) is 1. The van der Waals surface area contributed by atoms with Crippen LogP contribution in [0.25, 0.3) is 0 Å². The molecule has 1 aromatic rings. The average Bonchev–Trinajstić information content (AvgIpc) is 3.13. The van der Waals surface area contributed by atoms with Crippen molar-refractivity contribution in [1.82, 2.24) is 5.32 Å². The molecule has 0 aliphatic heterocycles. The van der Waals surface area contributed by atoms with Crippen LogP contribution in [0.4, 0.5) is 5.69 Å². The molecule has 1 N–H and O–H groups in total. The standard InChI is InChI=1S/C16H26N2/c1-13(2)12-14-4-8-16(9-5-14)18(3)11-10-17-15-6-7-15/h4-5,8-9,13,15,17H,6-7,10-12H2,1-3H3. The maximum absolute atomic E-state index is 3.55. The van der Waals surface area contributed by atoms with Crippen molar-refractivity contribution in [2.45, 2.75) is 39.2 Å². The Morgan fingerprint density at radius 1 is 1.22 bits per heavy atom. The molecular weight excluding hydrogens is 220 g/mol. The van der Waals surface area contributed by atoms with Gasteiger partial charge in [0.25, 0.3) is 0 Å². The van der Waals surface area contributed by atoms with Crippen molar-refractivity contribution in [1.29, 1.82) is 0 Å². The topological polar surface area (TPSA) is 15.3 Å². The second kappa shape index (κ2) is 6.24. The SMILES string of the molecule is CC(C)Cc1ccc(N(C)CCNC2CC2)cc1. The van der Waals surface area contributed by atoms with Crippen molar-refractivity contribution in [3.05, 3.63) is 29.8 Å². The van der Waals surface area contributed by atoms with E-state index in [1.54, 1.807) is 0 Å². The second-order valence-electron chi connectivity index (χ2n) is 5.91. The van der Waals surface area contributed by atoms with Gasteiger partial charge >= 0.3 is 0 Å². The average molecular weight is 246 g/mol. The normalized spacial score (nSPS) is 15.1. The lowest BCUT2D eigenvalue weighted by molar-refractivity contribution is 0.647. The highest BCUT2D eigenvalue weighted by Crippen LogP contribution is 2.19. The summed E-state index contributed by atoms with van der Waals surface area (Å²) in [6.45, 7) is 6.71. The van der Waals surface area contributed by atoms with Gasteiger partial charge in [-0.25, -0.2) is 0 Å². The van der Waals surface area contributed by atoms with E-state index in [2.05, 4.69) is 55.4 Å². The Bertz CT molecular complexity index is 352. The van der Waals surface area contributed by atoms with E-state index in [1.807, 2.05) is 0 Å². The lowest BCUT2D eigenvalue weighted by Gasteiger charge is -2.20. The molecule has 0 aromatic heterocycles. The van der Waals surface area contributed by atoms with E-state index in [4.69, 9.17) is 0 Å². The Labute approximate surface area is 111 Å². The Morgan fingerprint density at radius 3 is 2.44 bits per heavy atom. The maximum atomic E-state index is 3.55. The van der Waals surface area contributed by atoms with Crippen LogP contribution in [0.5, 0.6) is 0 Å². The van der Waals surface area contributed by atoms with Crippen LogP contribution in [0.3, 0.4) is 0 Å². The zero-order chi connectivity index (χ0) is 13.0. The van der Waals surface area contributed by atoms with Gasteiger partial charge in [0.15, 0.2) is 0 Å². The largest absolute Gasteiger partial charge is 0.373 e. The van der Waals surface area contributed by atoms with Gasteiger partial charge in [0, 0.05) is 31.9 Å². The highest BCUT2D eigenvalue weighted by molar-refractivity contribution is 5.46. The van der Waals surface area contributed by atoms with E-state index in [0.717, 1.165) is 25.0 Å². The quantitative estimate of drug-likeness (QED) is 0.795. The molecule has 0 atom stereocenters. The van der Waals surface area contributed by atoms with Crippen molar-refractivity contribution in [2.75, 3.05) is 25.0 Å². The van der Waals surface area contributed by atoms with Crippen LogP contribution in [-0.2, 0) is 6.42 Å². The van der Waals surface area contributed by atoms with Crippen LogP contribution < -0.4 is 10.2 Å². The molecule has 1 aliphatic carbocycles. The first kappa shape index (κ1) is 13.4. The fraction of sp³-hybridized carbons (Fsp3) is 0.625. The number of hydrogen-bond donors (Lipinski definition) is 1. The van der Waals surface area contributed by atoms with Crippen LogP contribution in [0, 0.1) is 5.92 Å². The molecule has 0 amide bonds. The predicted octanol–water partition coefficient (Wildman–Crippen LogP) is 3.07. The summed E-state index contributed by atoms with van der Waals surface area (Å²) in [7, 11) is 2.17. The van der Waals surface area contributed by atoms with E-state index in [1.165, 1.54) is 30.5 Å². The van der Waals surface area contributed by atoms with E-state index in [-0.39, 0.29) is 0 Å². The van der Waals surface area contributed by atoms with Gasteiger partial charge in [-0.2, -0.15) is 0 Å². The summed E-state index contributed by atoms with van der Waals surface area (Å²) < 4.78 is 0. The smallest absolute Gasteiger partial charge is 0.0364 e. The molecule has 0 radical (unpaired) electrons. The fourth-order valence-electron chi connectivity index (χ4n) is 2.21. The summed E-state index contributed by atoms with van der Waals surface area (Å²) in [6, 6.07) is 9.83. The Morgan fingerprint density at radius 2 is 1.89 bits per heavy atom. The molecule has 1 saturated carbocycles. The fourth-order valence-corrected chi connectivity index (χ4v) is 2.21. The van der Waals surface area contributed by atoms with Crippen LogP contribution in [0.15, 0.2) is 24.3 Å². The summed E-state index contributed by atoms with van der Waals surface area (Å²) in [4.78, 5) is 2.33. The highest BCUT2D eigenvalue weighted by Gasteiger charge is 2.19. The van der Waals surface area contributed by atoms with Gasteiger partial charge in [-0.1, -0.05) is 26.0 Å². The third-order valence-electron chi connectivity index (χ3n) is 3.48. The van der Waals surface area contributed by atoms with E-state index < -0.39 is 0 Å². The second-order valence-corrected chi connectivity index (χ2v) is 5.91. The van der Waals surface area contributed by atoms with Crippen LogP contribution in [0.2, 0.25) is 0 Å². The molecule has 0 unspecified atom stereocenters. The molecule has 2 nitrogen and oxygen atoms in total. The zero-order valence-electron chi connectivity index (χ0n) is 11.9. The maximum Gasteiger partial charge on any atom is 0.0364 e.